The van der Waals surface area contributed by atoms with Crippen LogP contribution < -0.4 is 10.6 Å². The topological polar surface area (TPSA) is 41.1 Å². The average Bonchev–Trinajstić information content (AvgIpc) is 2.36. The maximum Gasteiger partial charge on any atom is 0.226 e. The van der Waals surface area contributed by atoms with Crippen molar-refractivity contribution in [2.75, 3.05) is 10.6 Å². The fourth-order valence-corrected chi connectivity index (χ4v) is 2.16. The van der Waals surface area contributed by atoms with Gasteiger partial charge in [-0.2, -0.15) is 0 Å². The molecule has 0 fully saturated rings. The number of anilines is 2. The van der Waals surface area contributed by atoms with Crippen LogP contribution in [0.3, 0.4) is 0 Å². The lowest BCUT2D eigenvalue weighted by molar-refractivity contribution is -0.118. The molecule has 0 aliphatic carbocycles. The molecule has 0 atom stereocenters. The first-order chi connectivity index (χ1) is 10.0. The van der Waals surface area contributed by atoms with Gasteiger partial charge in [-0.15, -0.1) is 0 Å². The molecule has 0 aliphatic rings. The van der Waals surface area contributed by atoms with Crippen LogP contribution in [-0.2, 0) is 10.2 Å². The molecule has 0 saturated carbocycles. The van der Waals surface area contributed by atoms with Gasteiger partial charge in [0.25, 0.3) is 0 Å². The van der Waals surface area contributed by atoms with Crippen LogP contribution in [0.2, 0.25) is 0 Å². The Morgan fingerprint density at radius 3 is 1.91 bits per heavy atom. The lowest BCUT2D eigenvalue weighted by Gasteiger charge is -2.28. The van der Waals surface area contributed by atoms with Crippen molar-refractivity contribution in [1.29, 1.82) is 0 Å². The number of carbonyl (C=O) groups is 1. The summed E-state index contributed by atoms with van der Waals surface area (Å²) in [4.78, 5) is 12.1. The highest BCUT2D eigenvalue weighted by molar-refractivity contribution is 5.94. The number of allylic oxidation sites excluding steroid dienone is 1. The normalized spacial score (nSPS) is 11.7. The molecule has 3 nitrogen and oxygen atoms in total. The van der Waals surface area contributed by atoms with Crippen LogP contribution in [0.5, 0.6) is 0 Å². The molecule has 0 heterocycles. The van der Waals surface area contributed by atoms with Gasteiger partial charge in [0.05, 0.1) is 0 Å². The lowest BCUT2D eigenvalue weighted by Crippen LogP contribution is -2.23. The monoisotopic (exact) mass is 302 g/mol. The Bertz CT molecular complexity index is 511. The highest BCUT2D eigenvalue weighted by atomic mass is 16.1. The molecule has 0 bridgehead atoms. The zero-order valence-corrected chi connectivity index (χ0v) is 15.0. The fraction of sp³-hybridized carbons (Fsp3) is 0.526. The lowest BCUT2D eigenvalue weighted by atomic mass is 9.84. The minimum absolute atomic E-state index is 0.0327. The van der Waals surface area contributed by atoms with E-state index in [9.17, 15) is 4.79 Å². The Hall–Kier alpha value is -1.77. The quantitative estimate of drug-likeness (QED) is 0.788. The second-order valence-corrected chi connectivity index (χ2v) is 7.43. The molecule has 1 rings (SSSR count). The minimum atomic E-state index is -0.0968. The van der Waals surface area contributed by atoms with E-state index in [2.05, 4.69) is 51.8 Å². The third kappa shape index (κ3) is 4.62. The summed E-state index contributed by atoms with van der Waals surface area (Å²) in [6.07, 6.45) is 0. The standard InChI is InChI=1S/C19H30N2O/c1-12(2)14(5)20-15-10-9-11-16(17(15)19(6,7)8)21-18(22)13(3)4/h9-13,20H,5H2,1-4,6-8H3,(H,21,22). The number of hydrogen-bond acceptors (Lipinski definition) is 2. The summed E-state index contributed by atoms with van der Waals surface area (Å²) >= 11 is 0. The van der Waals surface area contributed by atoms with Gasteiger partial charge in [-0.25, -0.2) is 0 Å². The predicted molar refractivity (Wildman–Crippen MR) is 96.2 cm³/mol. The second-order valence-electron chi connectivity index (χ2n) is 7.43. The van der Waals surface area contributed by atoms with Crippen LogP contribution >= 0.6 is 0 Å². The Labute approximate surface area is 135 Å². The Balaban J connectivity index is 3.28. The molecule has 122 valence electrons. The summed E-state index contributed by atoms with van der Waals surface area (Å²) in [6.45, 7) is 18.6. The molecule has 0 unspecified atom stereocenters. The summed E-state index contributed by atoms with van der Waals surface area (Å²) in [6, 6.07) is 5.96. The smallest absolute Gasteiger partial charge is 0.226 e. The second kappa shape index (κ2) is 6.99. The molecule has 0 aliphatic heterocycles. The zero-order valence-electron chi connectivity index (χ0n) is 15.0. The first kappa shape index (κ1) is 18.3. The highest BCUT2D eigenvalue weighted by Crippen LogP contribution is 2.37. The van der Waals surface area contributed by atoms with Gasteiger partial charge >= 0.3 is 0 Å². The van der Waals surface area contributed by atoms with Crippen LogP contribution in [-0.4, -0.2) is 5.91 Å². The number of amides is 1. The summed E-state index contributed by atoms with van der Waals surface area (Å²) in [5.41, 5.74) is 3.85. The molecule has 1 aromatic carbocycles. The molecular weight excluding hydrogens is 272 g/mol. The van der Waals surface area contributed by atoms with E-state index in [0.29, 0.717) is 5.92 Å². The van der Waals surface area contributed by atoms with E-state index in [4.69, 9.17) is 0 Å². The molecule has 0 spiro atoms. The van der Waals surface area contributed by atoms with Crippen molar-refractivity contribution in [3.05, 3.63) is 36.0 Å². The van der Waals surface area contributed by atoms with E-state index in [1.54, 1.807) is 0 Å². The zero-order chi connectivity index (χ0) is 17.1. The first-order valence-electron chi connectivity index (χ1n) is 7.94. The van der Waals surface area contributed by atoms with Crippen molar-refractivity contribution < 1.29 is 4.79 Å². The van der Waals surface area contributed by atoms with Gasteiger partial charge in [-0.3, -0.25) is 4.79 Å². The molecule has 2 N–H and O–H groups in total. The minimum Gasteiger partial charge on any atom is -0.359 e. The van der Waals surface area contributed by atoms with Gasteiger partial charge in [-0.1, -0.05) is 61.1 Å². The molecule has 22 heavy (non-hydrogen) atoms. The first-order valence-corrected chi connectivity index (χ1v) is 7.94. The van der Waals surface area contributed by atoms with Gasteiger partial charge in [0.1, 0.15) is 0 Å². The van der Waals surface area contributed by atoms with Crippen LogP contribution in [0.15, 0.2) is 30.5 Å². The summed E-state index contributed by atoms with van der Waals surface area (Å²) < 4.78 is 0. The van der Waals surface area contributed by atoms with Gasteiger partial charge in [0, 0.05) is 28.6 Å². The van der Waals surface area contributed by atoms with Crippen LogP contribution in [0.4, 0.5) is 11.4 Å². The van der Waals surface area contributed by atoms with E-state index in [0.717, 1.165) is 22.6 Å². The van der Waals surface area contributed by atoms with Gasteiger partial charge in [-0.05, 0) is 23.5 Å². The van der Waals surface area contributed by atoms with Crippen molar-refractivity contribution in [3.8, 4) is 0 Å². The fourth-order valence-electron chi connectivity index (χ4n) is 2.16. The molecule has 0 saturated heterocycles. The Morgan fingerprint density at radius 2 is 1.50 bits per heavy atom. The third-order valence-electron chi connectivity index (χ3n) is 3.59. The van der Waals surface area contributed by atoms with Gasteiger partial charge in [0.2, 0.25) is 5.91 Å². The van der Waals surface area contributed by atoms with Crippen LogP contribution in [0.1, 0.15) is 54.0 Å². The van der Waals surface area contributed by atoms with Crippen molar-refractivity contribution in [1.82, 2.24) is 0 Å². The molecule has 3 heteroatoms. The van der Waals surface area contributed by atoms with Crippen LogP contribution in [0, 0.1) is 11.8 Å². The third-order valence-corrected chi connectivity index (χ3v) is 3.59. The number of rotatable bonds is 5. The predicted octanol–water partition coefficient (Wildman–Crippen LogP) is 5.16. The molecule has 1 aromatic rings. The Kier molecular flexibility index (Phi) is 5.81. The molecule has 0 aromatic heterocycles. The molecule has 0 radical (unpaired) electrons. The highest BCUT2D eigenvalue weighted by Gasteiger charge is 2.23. The largest absolute Gasteiger partial charge is 0.359 e. The maximum atomic E-state index is 12.1. The summed E-state index contributed by atoms with van der Waals surface area (Å²) in [5.74, 6) is 0.335. The number of hydrogen-bond donors (Lipinski definition) is 2. The van der Waals surface area contributed by atoms with Crippen molar-refractivity contribution in [2.45, 2.75) is 53.9 Å². The van der Waals surface area contributed by atoms with Crippen molar-refractivity contribution >= 4 is 17.3 Å². The Morgan fingerprint density at radius 1 is 1.00 bits per heavy atom. The number of benzene rings is 1. The molecular formula is C19H30N2O. The van der Waals surface area contributed by atoms with Gasteiger partial charge < -0.3 is 10.6 Å². The van der Waals surface area contributed by atoms with E-state index >= 15 is 0 Å². The number of carbonyl (C=O) groups excluding carboxylic acids is 1. The summed E-state index contributed by atoms with van der Waals surface area (Å²) in [7, 11) is 0. The maximum absolute atomic E-state index is 12.1. The van der Waals surface area contributed by atoms with E-state index in [1.165, 1.54) is 0 Å². The molecule has 1 amide bonds. The van der Waals surface area contributed by atoms with Crippen molar-refractivity contribution in [3.63, 3.8) is 0 Å². The van der Waals surface area contributed by atoms with E-state index in [-0.39, 0.29) is 17.2 Å². The average molecular weight is 302 g/mol. The van der Waals surface area contributed by atoms with E-state index in [1.807, 2.05) is 32.0 Å². The van der Waals surface area contributed by atoms with Gasteiger partial charge in [0.15, 0.2) is 0 Å². The van der Waals surface area contributed by atoms with E-state index < -0.39 is 0 Å². The van der Waals surface area contributed by atoms with Crippen LogP contribution in [0.25, 0.3) is 0 Å². The summed E-state index contributed by atoms with van der Waals surface area (Å²) in [5, 5.41) is 6.46. The number of nitrogens with one attached hydrogen (secondary N) is 2. The van der Waals surface area contributed by atoms with Crippen molar-refractivity contribution in [2.24, 2.45) is 11.8 Å². The SMILES string of the molecule is C=C(Nc1cccc(NC(=O)C(C)C)c1C(C)(C)C)C(C)C.